The lowest BCUT2D eigenvalue weighted by Gasteiger charge is -2.36. The Kier molecular flexibility index (Phi) is 6.44. The number of carbonyl (C=O) groups is 1. The maximum absolute atomic E-state index is 14.2. The molecular formula is C19H29FN4O3S. The van der Waals surface area contributed by atoms with Gasteiger partial charge in [-0.1, -0.05) is 6.07 Å². The minimum absolute atomic E-state index is 0.0598. The van der Waals surface area contributed by atoms with E-state index in [2.05, 4.69) is 5.32 Å². The number of anilines is 1. The Labute approximate surface area is 166 Å². The van der Waals surface area contributed by atoms with Crippen molar-refractivity contribution in [3.63, 3.8) is 0 Å². The van der Waals surface area contributed by atoms with Gasteiger partial charge in [0.25, 0.3) is 0 Å². The summed E-state index contributed by atoms with van der Waals surface area (Å²) in [6, 6.07) is 4.84. The summed E-state index contributed by atoms with van der Waals surface area (Å²) in [5.74, 6) is -0.244. The van der Waals surface area contributed by atoms with Crippen LogP contribution in [0.25, 0.3) is 0 Å². The molecule has 1 N–H and O–H groups in total. The van der Waals surface area contributed by atoms with Crippen LogP contribution in [0.2, 0.25) is 0 Å². The summed E-state index contributed by atoms with van der Waals surface area (Å²) in [7, 11) is -3.24. The molecule has 28 heavy (non-hydrogen) atoms. The molecule has 7 nitrogen and oxygen atoms in total. The Balaban J connectivity index is 1.59. The monoisotopic (exact) mass is 412 g/mol. The first-order valence-corrected chi connectivity index (χ1v) is 11.6. The van der Waals surface area contributed by atoms with E-state index in [1.165, 1.54) is 16.6 Å². The molecule has 0 radical (unpaired) electrons. The van der Waals surface area contributed by atoms with Crippen LogP contribution in [-0.2, 0) is 10.0 Å². The summed E-state index contributed by atoms with van der Waals surface area (Å²) in [5, 5.41) is 3.06. The predicted octanol–water partition coefficient (Wildman–Crippen LogP) is 1.78. The van der Waals surface area contributed by atoms with Crippen molar-refractivity contribution in [2.75, 3.05) is 50.4 Å². The summed E-state index contributed by atoms with van der Waals surface area (Å²) in [4.78, 5) is 16.4. The Morgan fingerprint density at radius 3 is 2.68 bits per heavy atom. The number of hydrogen-bond donors (Lipinski definition) is 1. The molecule has 1 aromatic rings. The Hall–Kier alpha value is -1.87. The number of amides is 2. The summed E-state index contributed by atoms with van der Waals surface area (Å²) in [6.45, 7) is 4.92. The number of halogens is 1. The summed E-state index contributed by atoms with van der Waals surface area (Å²) in [5.41, 5.74) is 1.58. The standard InChI is InChI=1S/C19H29FN4O3S/c1-15-6-7-17(20)18(13-15)23-8-3-5-16(14-23)21-19(25)22-9-4-10-24(12-11-22)28(2,26)27/h6-7,13,16H,3-5,8-12,14H2,1-2H3,(H,21,25). The van der Waals surface area contributed by atoms with Gasteiger partial charge in [-0.25, -0.2) is 21.9 Å². The smallest absolute Gasteiger partial charge is 0.317 e. The maximum atomic E-state index is 14.2. The summed E-state index contributed by atoms with van der Waals surface area (Å²) >= 11 is 0. The summed E-state index contributed by atoms with van der Waals surface area (Å²) < 4.78 is 39.1. The molecule has 0 spiro atoms. The highest BCUT2D eigenvalue weighted by Gasteiger charge is 2.27. The first-order chi connectivity index (χ1) is 13.2. The quantitative estimate of drug-likeness (QED) is 0.821. The van der Waals surface area contributed by atoms with E-state index in [4.69, 9.17) is 0 Å². The van der Waals surface area contributed by atoms with Gasteiger partial charge in [0, 0.05) is 45.3 Å². The fraction of sp³-hybridized carbons (Fsp3) is 0.632. The van der Waals surface area contributed by atoms with Crippen molar-refractivity contribution in [3.8, 4) is 0 Å². The van der Waals surface area contributed by atoms with Gasteiger partial charge in [-0.2, -0.15) is 0 Å². The van der Waals surface area contributed by atoms with Crippen LogP contribution in [0.4, 0.5) is 14.9 Å². The van der Waals surface area contributed by atoms with E-state index in [1.807, 2.05) is 17.9 Å². The second-order valence-electron chi connectivity index (χ2n) is 7.69. The molecule has 2 aliphatic heterocycles. The average molecular weight is 413 g/mol. The van der Waals surface area contributed by atoms with Gasteiger partial charge in [0.2, 0.25) is 10.0 Å². The lowest BCUT2D eigenvalue weighted by molar-refractivity contribution is 0.194. The van der Waals surface area contributed by atoms with Crippen LogP contribution in [0.5, 0.6) is 0 Å². The number of carbonyl (C=O) groups excluding carboxylic acids is 1. The molecule has 0 saturated carbocycles. The molecule has 1 aromatic carbocycles. The number of benzene rings is 1. The maximum Gasteiger partial charge on any atom is 0.317 e. The van der Waals surface area contributed by atoms with Crippen LogP contribution < -0.4 is 10.2 Å². The topological polar surface area (TPSA) is 73.0 Å². The third-order valence-corrected chi connectivity index (χ3v) is 6.71. The van der Waals surface area contributed by atoms with Gasteiger partial charge in [-0.15, -0.1) is 0 Å². The lowest BCUT2D eigenvalue weighted by atomic mass is 10.0. The van der Waals surface area contributed by atoms with Gasteiger partial charge in [0.1, 0.15) is 5.82 Å². The first-order valence-electron chi connectivity index (χ1n) is 9.76. The van der Waals surface area contributed by atoms with E-state index in [0.29, 0.717) is 44.8 Å². The first kappa shape index (κ1) is 20.9. The van der Waals surface area contributed by atoms with Crippen LogP contribution in [0.1, 0.15) is 24.8 Å². The minimum Gasteiger partial charge on any atom is -0.367 e. The van der Waals surface area contributed by atoms with Crippen molar-refractivity contribution >= 4 is 21.7 Å². The molecular weight excluding hydrogens is 383 g/mol. The van der Waals surface area contributed by atoms with Crippen molar-refractivity contribution in [3.05, 3.63) is 29.6 Å². The van der Waals surface area contributed by atoms with Crippen molar-refractivity contribution < 1.29 is 17.6 Å². The van der Waals surface area contributed by atoms with Crippen LogP contribution in [-0.4, -0.2) is 75.2 Å². The highest BCUT2D eigenvalue weighted by atomic mass is 32.2. The number of piperidine rings is 1. The number of rotatable bonds is 3. The van der Waals surface area contributed by atoms with E-state index < -0.39 is 10.0 Å². The molecule has 1 atom stereocenters. The second kappa shape index (κ2) is 8.65. The normalized spacial score (nSPS) is 22.0. The van der Waals surface area contributed by atoms with Gasteiger partial charge in [0.05, 0.1) is 11.9 Å². The highest BCUT2D eigenvalue weighted by Crippen LogP contribution is 2.24. The molecule has 3 rings (SSSR count). The predicted molar refractivity (Wildman–Crippen MR) is 108 cm³/mol. The van der Waals surface area contributed by atoms with Gasteiger partial charge < -0.3 is 15.1 Å². The van der Waals surface area contributed by atoms with Crippen molar-refractivity contribution in [2.24, 2.45) is 0 Å². The zero-order chi connectivity index (χ0) is 20.3. The zero-order valence-electron chi connectivity index (χ0n) is 16.5. The lowest BCUT2D eigenvalue weighted by Crippen LogP contribution is -2.52. The second-order valence-corrected chi connectivity index (χ2v) is 9.67. The fourth-order valence-corrected chi connectivity index (χ4v) is 4.75. The van der Waals surface area contributed by atoms with Crippen molar-refractivity contribution in [2.45, 2.75) is 32.2 Å². The van der Waals surface area contributed by atoms with Crippen molar-refractivity contribution in [1.29, 1.82) is 0 Å². The Morgan fingerprint density at radius 1 is 1.14 bits per heavy atom. The Morgan fingerprint density at radius 2 is 1.93 bits per heavy atom. The molecule has 0 aromatic heterocycles. The molecule has 2 aliphatic rings. The molecule has 2 heterocycles. The zero-order valence-corrected chi connectivity index (χ0v) is 17.3. The van der Waals surface area contributed by atoms with E-state index in [1.54, 1.807) is 11.0 Å². The van der Waals surface area contributed by atoms with Crippen LogP contribution >= 0.6 is 0 Å². The number of nitrogens with zero attached hydrogens (tertiary/aromatic N) is 3. The molecule has 2 amide bonds. The highest BCUT2D eigenvalue weighted by molar-refractivity contribution is 7.88. The van der Waals surface area contributed by atoms with E-state index in [-0.39, 0.29) is 17.9 Å². The van der Waals surface area contributed by atoms with Gasteiger partial charge in [-0.3, -0.25) is 0 Å². The van der Waals surface area contributed by atoms with Crippen LogP contribution in [0.15, 0.2) is 18.2 Å². The van der Waals surface area contributed by atoms with Gasteiger partial charge in [-0.05, 0) is 43.9 Å². The number of hydrogen-bond acceptors (Lipinski definition) is 4. The minimum atomic E-state index is -3.24. The summed E-state index contributed by atoms with van der Waals surface area (Å²) in [6.07, 6.45) is 3.54. The molecule has 2 saturated heterocycles. The van der Waals surface area contributed by atoms with E-state index in [9.17, 15) is 17.6 Å². The number of aryl methyl sites for hydroxylation is 1. The molecule has 1 unspecified atom stereocenters. The third-order valence-electron chi connectivity index (χ3n) is 5.40. The molecule has 9 heteroatoms. The van der Waals surface area contributed by atoms with Crippen molar-refractivity contribution in [1.82, 2.24) is 14.5 Å². The largest absolute Gasteiger partial charge is 0.367 e. The van der Waals surface area contributed by atoms with Gasteiger partial charge in [0.15, 0.2) is 0 Å². The number of sulfonamides is 1. The molecule has 156 valence electrons. The van der Waals surface area contributed by atoms with Crippen LogP contribution in [0, 0.1) is 12.7 Å². The van der Waals surface area contributed by atoms with Gasteiger partial charge >= 0.3 is 6.03 Å². The van der Waals surface area contributed by atoms with Crippen LogP contribution in [0.3, 0.4) is 0 Å². The molecule has 0 aliphatic carbocycles. The number of nitrogens with one attached hydrogen (secondary N) is 1. The third kappa shape index (κ3) is 5.14. The molecule has 0 bridgehead atoms. The number of urea groups is 1. The SMILES string of the molecule is Cc1ccc(F)c(N2CCCC(NC(=O)N3CCCN(S(C)(=O)=O)CC3)C2)c1. The fourth-order valence-electron chi connectivity index (χ4n) is 3.87. The Bertz CT molecular complexity index is 817. The molecule has 2 fully saturated rings. The van der Waals surface area contributed by atoms with E-state index in [0.717, 1.165) is 24.9 Å². The van der Waals surface area contributed by atoms with E-state index >= 15 is 0 Å². The average Bonchev–Trinajstić information content (AvgIpc) is 2.90.